The maximum atomic E-state index is 6.05. The van der Waals surface area contributed by atoms with Gasteiger partial charge in [0.15, 0.2) is 0 Å². The highest BCUT2D eigenvalue weighted by Gasteiger charge is 2.35. The third-order valence-corrected chi connectivity index (χ3v) is 5.58. The minimum absolute atomic E-state index is 0.505. The fraction of sp³-hybridized carbons (Fsp3) is 0.812. The molecule has 3 unspecified atom stereocenters. The normalized spacial score (nSPS) is 26.5. The Morgan fingerprint density at radius 3 is 2.86 bits per heavy atom. The van der Waals surface area contributed by atoms with Gasteiger partial charge in [-0.3, -0.25) is 4.68 Å². The zero-order chi connectivity index (χ0) is 15.4. The molecule has 4 nitrogen and oxygen atoms in total. The number of aromatic nitrogens is 2. The number of hydrogen-bond acceptors (Lipinski definition) is 3. The van der Waals surface area contributed by atoms with Crippen molar-refractivity contribution in [1.29, 1.82) is 0 Å². The number of nitrogens with zero attached hydrogens (tertiary/aromatic N) is 2. The molecule has 0 spiro atoms. The second-order valence-corrected chi connectivity index (χ2v) is 7.37. The van der Waals surface area contributed by atoms with E-state index in [2.05, 4.69) is 39.6 Å². The van der Waals surface area contributed by atoms with E-state index in [1.54, 1.807) is 7.11 Å². The summed E-state index contributed by atoms with van der Waals surface area (Å²) in [5.41, 5.74) is 7.36. The highest BCUT2D eigenvalue weighted by Crippen LogP contribution is 2.44. The Morgan fingerprint density at radius 2 is 2.24 bits per heavy atom. The summed E-state index contributed by atoms with van der Waals surface area (Å²) >= 11 is 3.69. The van der Waals surface area contributed by atoms with Crippen LogP contribution in [0, 0.1) is 17.8 Å². The van der Waals surface area contributed by atoms with E-state index >= 15 is 0 Å². The minimum Gasteiger partial charge on any atom is -0.383 e. The zero-order valence-corrected chi connectivity index (χ0v) is 15.0. The number of hydrogen-bond donors (Lipinski definition) is 1. The summed E-state index contributed by atoms with van der Waals surface area (Å²) in [4.78, 5) is 0. The van der Waals surface area contributed by atoms with Crippen LogP contribution in [0.4, 0.5) is 0 Å². The summed E-state index contributed by atoms with van der Waals surface area (Å²) in [5, 5.41) is 4.52. The van der Waals surface area contributed by atoms with E-state index < -0.39 is 0 Å². The largest absolute Gasteiger partial charge is 0.383 e. The van der Waals surface area contributed by atoms with Crippen LogP contribution in [-0.2, 0) is 11.3 Å². The molecule has 1 saturated carbocycles. The third kappa shape index (κ3) is 3.88. The van der Waals surface area contributed by atoms with Gasteiger partial charge in [-0.2, -0.15) is 5.10 Å². The molecule has 0 aliphatic heterocycles. The molecule has 1 aromatic heterocycles. The highest BCUT2D eigenvalue weighted by molar-refractivity contribution is 9.10. The molecule has 0 amide bonds. The van der Waals surface area contributed by atoms with Gasteiger partial charge in [0.2, 0.25) is 0 Å². The first kappa shape index (κ1) is 17.0. The first-order chi connectivity index (χ1) is 10.1. The lowest BCUT2D eigenvalue weighted by molar-refractivity contribution is 0.171. The van der Waals surface area contributed by atoms with Crippen LogP contribution in [-0.4, -0.2) is 30.0 Å². The zero-order valence-electron chi connectivity index (χ0n) is 13.4. The van der Waals surface area contributed by atoms with E-state index in [0.29, 0.717) is 18.4 Å². The van der Waals surface area contributed by atoms with Crippen molar-refractivity contribution in [3.63, 3.8) is 0 Å². The van der Waals surface area contributed by atoms with E-state index in [-0.39, 0.29) is 0 Å². The van der Waals surface area contributed by atoms with Gasteiger partial charge in [0.05, 0.1) is 29.5 Å². The predicted molar refractivity (Wildman–Crippen MR) is 89.3 cm³/mol. The van der Waals surface area contributed by atoms with Gasteiger partial charge in [-0.1, -0.05) is 13.8 Å². The van der Waals surface area contributed by atoms with Crippen LogP contribution >= 0.6 is 15.9 Å². The van der Waals surface area contributed by atoms with Crippen LogP contribution in [0.25, 0.3) is 0 Å². The molecule has 0 aromatic carbocycles. The van der Waals surface area contributed by atoms with Crippen LogP contribution < -0.4 is 5.73 Å². The van der Waals surface area contributed by atoms with Gasteiger partial charge in [-0.15, -0.1) is 0 Å². The molecule has 1 aromatic rings. The molecule has 3 atom stereocenters. The summed E-state index contributed by atoms with van der Waals surface area (Å²) in [7, 11) is 1.73. The van der Waals surface area contributed by atoms with Crippen LogP contribution in [0.3, 0.4) is 0 Å². The lowest BCUT2D eigenvalue weighted by Crippen LogP contribution is -2.32. The lowest BCUT2D eigenvalue weighted by atomic mass is 9.69. The molecular weight excluding hydrogens is 330 g/mol. The van der Waals surface area contributed by atoms with Crippen LogP contribution in [0.2, 0.25) is 0 Å². The number of rotatable bonds is 6. The van der Waals surface area contributed by atoms with Crippen molar-refractivity contribution < 1.29 is 4.74 Å². The van der Waals surface area contributed by atoms with Crippen molar-refractivity contribution in [3.05, 3.63) is 16.4 Å². The highest BCUT2D eigenvalue weighted by atomic mass is 79.9. The van der Waals surface area contributed by atoms with Gasteiger partial charge in [0.25, 0.3) is 0 Å². The maximum absolute atomic E-state index is 6.05. The number of halogens is 1. The second-order valence-electron chi connectivity index (χ2n) is 6.51. The van der Waals surface area contributed by atoms with Gasteiger partial charge >= 0.3 is 0 Å². The lowest BCUT2D eigenvalue weighted by Gasteiger charge is -2.38. The molecule has 0 saturated heterocycles. The van der Waals surface area contributed by atoms with Crippen molar-refractivity contribution in [2.24, 2.45) is 23.5 Å². The molecule has 2 N–H and O–H groups in total. The van der Waals surface area contributed by atoms with Crippen LogP contribution in [0.1, 0.15) is 44.7 Å². The van der Waals surface area contributed by atoms with E-state index in [1.165, 1.54) is 25.0 Å². The van der Waals surface area contributed by atoms with E-state index in [9.17, 15) is 0 Å². The van der Waals surface area contributed by atoms with E-state index in [1.807, 2.05) is 6.20 Å². The summed E-state index contributed by atoms with van der Waals surface area (Å²) in [6.07, 6.45) is 5.67. The fourth-order valence-corrected chi connectivity index (χ4v) is 4.18. The monoisotopic (exact) mass is 357 g/mol. The van der Waals surface area contributed by atoms with Gasteiger partial charge in [-0.05, 0) is 59.5 Å². The molecule has 1 heterocycles. The predicted octanol–water partition coefficient (Wildman–Crippen LogP) is 3.41. The molecule has 0 radical (unpaired) electrons. The molecule has 0 bridgehead atoms. The summed E-state index contributed by atoms with van der Waals surface area (Å²) < 4.78 is 8.43. The molecule has 120 valence electrons. The molecule has 21 heavy (non-hydrogen) atoms. The smallest absolute Gasteiger partial charge is 0.0658 e. The van der Waals surface area contributed by atoms with Crippen molar-refractivity contribution in [2.45, 2.75) is 45.6 Å². The van der Waals surface area contributed by atoms with Crippen LogP contribution in [0.5, 0.6) is 0 Å². The molecule has 1 fully saturated rings. The van der Waals surface area contributed by atoms with Gasteiger partial charge in [0.1, 0.15) is 0 Å². The average molecular weight is 358 g/mol. The Hall–Kier alpha value is -0.390. The Balaban J connectivity index is 2.25. The van der Waals surface area contributed by atoms with Crippen molar-refractivity contribution >= 4 is 15.9 Å². The quantitative estimate of drug-likeness (QED) is 0.848. The van der Waals surface area contributed by atoms with Gasteiger partial charge in [0, 0.05) is 13.0 Å². The second kappa shape index (κ2) is 7.75. The molecule has 1 aliphatic rings. The molecular formula is C16H28BrN3O. The van der Waals surface area contributed by atoms with Crippen molar-refractivity contribution in [1.82, 2.24) is 9.78 Å². The summed E-state index contributed by atoms with van der Waals surface area (Å²) in [6.45, 7) is 6.92. The first-order valence-electron chi connectivity index (χ1n) is 7.98. The van der Waals surface area contributed by atoms with Gasteiger partial charge < -0.3 is 10.5 Å². The van der Waals surface area contributed by atoms with Crippen molar-refractivity contribution in [3.8, 4) is 0 Å². The Bertz CT molecular complexity index is 447. The Kier molecular flexibility index (Phi) is 6.26. The number of methoxy groups -OCH3 is 1. The Labute approximate surface area is 136 Å². The number of ether oxygens (including phenoxy) is 1. The standard InChI is InChI=1S/C16H28BrN3O/c1-11(2)12-4-5-13(9-18)14(8-12)16-15(17)10-19-20(16)6-7-21-3/h10-14H,4-9,18H2,1-3H3. The molecule has 5 heteroatoms. The Morgan fingerprint density at radius 1 is 1.48 bits per heavy atom. The fourth-order valence-electron chi connectivity index (χ4n) is 3.58. The van der Waals surface area contributed by atoms with Gasteiger partial charge in [-0.25, -0.2) is 0 Å². The van der Waals surface area contributed by atoms with Crippen LogP contribution in [0.15, 0.2) is 10.7 Å². The van der Waals surface area contributed by atoms with Crippen molar-refractivity contribution in [2.75, 3.05) is 20.3 Å². The molecule has 1 aliphatic carbocycles. The third-order valence-electron chi connectivity index (χ3n) is 4.97. The summed E-state index contributed by atoms with van der Waals surface area (Å²) in [6, 6.07) is 0. The summed E-state index contributed by atoms with van der Waals surface area (Å²) in [5.74, 6) is 2.59. The maximum Gasteiger partial charge on any atom is 0.0658 e. The topological polar surface area (TPSA) is 53.1 Å². The number of nitrogens with two attached hydrogens (primary N) is 1. The van der Waals surface area contributed by atoms with E-state index in [0.717, 1.165) is 29.4 Å². The first-order valence-corrected chi connectivity index (χ1v) is 8.78. The molecule has 2 rings (SSSR count). The minimum atomic E-state index is 0.505. The van der Waals surface area contributed by atoms with E-state index in [4.69, 9.17) is 10.5 Å². The SMILES string of the molecule is COCCn1ncc(Br)c1C1CC(C(C)C)CCC1CN. The average Bonchev–Trinajstić information content (AvgIpc) is 2.85.